The zero-order valence-electron chi connectivity index (χ0n) is 14.3. The molecule has 0 spiro atoms. The standard InChI is InChI=1S/C25H17N/c1-3-8-20-16-22(14-12-18(20)6-1)24-10-5-11-25(26-24)23-15-13-19-7-2-4-9-21(19)17-23/h1-17H. The summed E-state index contributed by atoms with van der Waals surface area (Å²) in [4.78, 5) is 4.93. The van der Waals surface area contributed by atoms with Crippen molar-refractivity contribution in [2.45, 2.75) is 0 Å². The summed E-state index contributed by atoms with van der Waals surface area (Å²) in [7, 11) is 0. The Bertz CT molecular complexity index is 1140. The largest absolute Gasteiger partial charge is 0.248 e. The summed E-state index contributed by atoms with van der Waals surface area (Å²) < 4.78 is 0. The van der Waals surface area contributed by atoms with Gasteiger partial charge in [-0.25, -0.2) is 4.98 Å². The van der Waals surface area contributed by atoms with Gasteiger partial charge in [0.25, 0.3) is 0 Å². The molecule has 1 heterocycles. The van der Waals surface area contributed by atoms with Gasteiger partial charge in [0.05, 0.1) is 11.4 Å². The highest BCUT2D eigenvalue weighted by Gasteiger charge is 2.05. The zero-order chi connectivity index (χ0) is 17.3. The first kappa shape index (κ1) is 14.9. The predicted octanol–water partition coefficient (Wildman–Crippen LogP) is 6.72. The first-order valence-electron chi connectivity index (χ1n) is 8.82. The van der Waals surface area contributed by atoms with E-state index in [1.165, 1.54) is 21.5 Å². The first-order valence-corrected chi connectivity index (χ1v) is 8.82. The number of aromatic nitrogens is 1. The highest BCUT2D eigenvalue weighted by atomic mass is 14.7. The molecule has 0 saturated heterocycles. The molecule has 0 saturated carbocycles. The van der Waals surface area contributed by atoms with Gasteiger partial charge in [-0.2, -0.15) is 0 Å². The van der Waals surface area contributed by atoms with Crippen LogP contribution in [0.25, 0.3) is 44.1 Å². The molecule has 0 amide bonds. The highest BCUT2D eigenvalue weighted by molar-refractivity contribution is 5.88. The Balaban J connectivity index is 1.60. The van der Waals surface area contributed by atoms with Crippen molar-refractivity contribution >= 4 is 21.5 Å². The number of hydrogen-bond acceptors (Lipinski definition) is 1. The minimum Gasteiger partial charge on any atom is -0.248 e. The Labute approximate surface area is 152 Å². The molecule has 5 aromatic rings. The van der Waals surface area contributed by atoms with Gasteiger partial charge < -0.3 is 0 Å². The maximum atomic E-state index is 4.93. The van der Waals surface area contributed by atoms with Crippen molar-refractivity contribution in [3.05, 3.63) is 103 Å². The molecule has 0 aliphatic heterocycles. The molecule has 0 atom stereocenters. The van der Waals surface area contributed by atoms with Crippen LogP contribution in [0.2, 0.25) is 0 Å². The number of nitrogens with zero attached hydrogens (tertiary/aromatic N) is 1. The number of pyridine rings is 1. The normalized spacial score (nSPS) is 11.1. The van der Waals surface area contributed by atoms with E-state index < -0.39 is 0 Å². The molecular weight excluding hydrogens is 314 g/mol. The van der Waals surface area contributed by atoms with Crippen molar-refractivity contribution in [1.29, 1.82) is 0 Å². The summed E-state index contributed by atoms with van der Waals surface area (Å²) in [5, 5.41) is 4.98. The van der Waals surface area contributed by atoms with E-state index in [0.29, 0.717) is 0 Å². The number of benzene rings is 4. The van der Waals surface area contributed by atoms with E-state index in [0.717, 1.165) is 22.5 Å². The van der Waals surface area contributed by atoms with Gasteiger partial charge in [-0.15, -0.1) is 0 Å². The van der Waals surface area contributed by atoms with Gasteiger partial charge in [0.15, 0.2) is 0 Å². The maximum absolute atomic E-state index is 4.93. The van der Waals surface area contributed by atoms with E-state index in [2.05, 4.69) is 103 Å². The molecule has 122 valence electrons. The molecule has 1 nitrogen and oxygen atoms in total. The van der Waals surface area contributed by atoms with E-state index in [1.807, 2.05) is 0 Å². The molecule has 0 unspecified atom stereocenters. The van der Waals surface area contributed by atoms with Crippen molar-refractivity contribution in [3.8, 4) is 22.5 Å². The average Bonchev–Trinajstić information content (AvgIpc) is 2.73. The smallest absolute Gasteiger partial charge is 0.0709 e. The minimum atomic E-state index is 1.00. The second-order valence-electron chi connectivity index (χ2n) is 6.53. The fourth-order valence-electron chi connectivity index (χ4n) is 3.45. The van der Waals surface area contributed by atoms with Crippen LogP contribution in [-0.4, -0.2) is 4.98 Å². The molecule has 0 bridgehead atoms. The third-order valence-corrected chi connectivity index (χ3v) is 4.84. The van der Waals surface area contributed by atoms with E-state index in [1.54, 1.807) is 0 Å². The lowest BCUT2D eigenvalue weighted by Crippen LogP contribution is -1.88. The van der Waals surface area contributed by atoms with Crippen molar-refractivity contribution < 1.29 is 0 Å². The molecule has 0 radical (unpaired) electrons. The van der Waals surface area contributed by atoms with Gasteiger partial charge in [-0.05, 0) is 45.8 Å². The second-order valence-corrected chi connectivity index (χ2v) is 6.53. The Kier molecular flexibility index (Phi) is 3.50. The molecule has 1 aromatic heterocycles. The van der Waals surface area contributed by atoms with Crippen LogP contribution in [0.4, 0.5) is 0 Å². The highest BCUT2D eigenvalue weighted by Crippen LogP contribution is 2.27. The third-order valence-electron chi connectivity index (χ3n) is 4.84. The average molecular weight is 331 g/mol. The second kappa shape index (κ2) is 6.12. The monoisotopic (exact) mass is 331 g/mol. The summed E-state index contributed by atoms with van der Waals surface area (Å²) in [5.41, 5.74) is 4.29. The number of hydrogen-bond donors (Lipinski definition) is 0. The number of fused-ring (bicyclic) bond motifs is 2. The van der Waals surface area contributed by atoms with Gasteiger partial charge in [-0.1, -0.05) is 78.9 Å². The SMILES string of the molecule is c1cc(-c2ccc3ccccc3c2)nc(-c2ccc3ccccc3c2)c1. The minimum absolute atomic E-state index is 1.00. The van der Waals surface area contributed by atoms with Crippen LogP contribution < -0.4 is 0 Å². The zero-order valence-corrected chi connectivity index (χ0v) is 14.3. The van der Waals surface area contributed by atoms with Gasteiger partial charge in [0, 0.05) is 11.1 Å². The quantitative estimate of drug-likeness (QED) is 0.350. The molecule has 0 N–H and O–H groups in total. The Morgan fingerprint density at radius 2 is 0.846 bits per heavy atom. The predicted molar refractivity (Wildman–Crippen MR) is 110 cm³/mol. The molecule has 0 fully saturated rings. The number of rotatable bonds is 2. The molecule has 26 heavy (non-hydrogen) atoms. The van der Waals surface area contributed by atoms with Crippen LogP contribution in [0.1, 0.15) is 0 Å². The van der Waals surface area contributed by atoms with Gasteiger partial charge in [0.2, 0.25) is 0 Å². The lowest BCUT2D eigenvalue weighted by atomic mass is 10.0. The van der Waals surface area contributed by atoms with Crippen LogP contribution >= 0.6 is 0 Å². The van der Waals surface area contributed by atoms with Crippen LogP contribution in [0, 0.1) is 0 Å². The van der Waals surface area contributed by atoms with E-state index >= 15 is 0 Å². The van der Waals surface area contributed by atoms with Crippen LogP contribution in [0.5, 0.6) is 0 Å². The molecule has 1 heteroatoms. The van der Waals surface area contributed by atoms with Crippen molar-refractivity contribution in [2.75, 3.05) is 0 Å². The summed E-state index contributed by atoms with van der Waals surface area (Å²) in [6.07, 6.45) is 0. The lowest BCUT2D eigenvalue weighted by Gasteiger charge is -2.07. The fourth-order valence-corrected chi connectivity index (χ4v) is 3.45. The maximum Gasteiger partial charge on any atom is 0.0709 e. The Morgan fingerprint density at radius 1 is 0.385 bits per heavy atom. The van der Waals surface area contributed by atoms with Crippen molar-refractivity contribution in [1.82, 2.24) is 4.98 Å². The molecule has 0 aliphatic rings. The summed E-state index contributed by atoms with van der Waals surface area (Å²) >= 11 is 0. The summed E-state index contributed by atoms with van der Waals surface area (Å²) in [6.45, 7) is 0. The molecule has 5 rings (SSSR count). The summed E-state index contributed by atoms with van der Waals surface area (Å²) in [6, 6.07) is 36.1. The van der Waals surface area contributed by atoms with Crippen LogP contribution in [-0.2, 0) is 0 Å². The molecular formula is C25H17N. The molecule has 4 aromatic carbocycles. The van der Waals surface area contributed by atoms with Crippen molar-refractivity contribution in [3.63, 3.8) is 0 Å². The van der Waals surface area contributed by atoms with E-state index in [-0.39, 0.29) is 0 Å². The van der Waals surface area contributed by atoms with Gasteiger partial charge >= 0.3 is 0 Å². The van der Waals surface area contributed by atoms with Gasteiger partial charge in [-0.3, -0.25) is 0 Å². The summed E-state index contributed by atoms with van der Waals surface area (Å²) in [5.74, 6) is 0. The van der Waals surface area contributed by atoms with Crippen molar-refractivity contribution in [2.24, 2.45) is 0 Å². The molecule has 0 aliphatic carbocycles. The van der Waals surface area contributed by atoms with Gasteiger partial charge in [0.1, 0.15) is 0 Å². The topological polar surface area (TPSA) is 12.9 Å². The Hall–Kier alpha value is -3.45. The Morgan fingerprint density at radius 3 is 1.35 bits per heavy atom. The van der Waals surface area contributed by atoms with E-state index in [4.69, 9.17) is 4.98 Å². The van der Waals surface area contributed by atoms with Crippen LogP contribution in [0.15, 0.2) is 103 Å². The fraction of sp³-hybridized carbons (Fsp3) is 0. The van der Waals surface area contributed by atoms with Crippen LogP contribution in [0.3, 0.4) is 0 Å². The van der Waals surface area contributed by atoms with E-state index in [9.17, 15) is 0 Å². The lowest BCUT2D eigenvalue weighted by molar-refractivity contribution is 1.33. The third kappa shape index (κ3) is 2.64. The first-order chi connectivity index (χ1) is 12.9.